The van der Waals surface area contributed by atoms with Crippen LogP contribution in [0.3, 0.4) is 0 Å². The molecule has 18 heavy (non-hydrogen) atoms. The van der Waals surface area contributed by atoms with Crippen LogP contribution in [0.4, 0.5) is 4.79 Å². The van der Waals surface area contributed by atoms with E-state index in [4.69, 9.17) is 11.5 Å². The number of rotatable bonds is 5. The molecule has 6 heteroatoms. The van der Waals surface area contributed by atoms with Crippen LogP contribution in [0.1, 0.15) is 33.1 Å². The highest BCUT2D eigenvalue weighted by Gasteiger charge is 2.36. The summed E-state index contributed by atoms with van der Waals surface area (Å²) in [5.41, 5.74) is 10.5. The first-order chi connectivity index (χ1) is 8.49. The van der Waals surface area contributed by atoms with E-state index in [1.54, 1.807) is 4.90 Å². The van der Waals surface area contributed by atoms with Crippen molar-refractivity contribution in [3.63, 3.8) is 0 Å². The van der Waals surface area contributed by atoms with Gasteiger partial charge in [0.2, 0.25) is 5.91 Å². The number of hydrogen-bond donors (Lipinski definition) is 3. The van der Waals surface area contributed by atoms with Gasteiger partial charge < -0.3 is 21.7 Å². The SMILES string of the molecule is CCC(CC)(CN)C(=O)NC1CCN(C(N)=O)C1. The minimum Gasteiger partial charge on any atom is -0.351 e. The van der Waals surface area contributed by atoms with Gasteiger partial charge in [-0.3, -0.25) is 4.79 Å². The maximum Gasteiger partial charge on any atom is 0.314 e. The summed E-state index contributed by atoms with van der Waals surface area (Å²) in [6.45, 7) is 5.39. The minimum atomic E-state index is -0.486. The van der Waals surface area contributed by atoms with E-state index in [0.29, 0.717) is 19.6 Å². The number of primary amides is 1. The Bertz CT molecular complexity index is 307. The third-order valence-corrected chi connectivity index (χ3v) is 4.06. The zero-order chi connectivity index (χ0) is 13.8. The molecule has 0 spiro atoms. The average Bonchev–Trinajstić information content (AvgIpc) is 2.81. The number of amides is 3. The van der Waals surface area contributed by atoms with Crippen molar-refractivity contribution in [1.29, 1.82) is 0 Å². The zero-order valence-electron chi connectivity index (χ0n) is 11.2. The number of nitrogens with one attached hydrogen (secondary N) is 1. The molecule has 5 N–H and O–H groups in total. The lowest BCUT2D eigenvalue weighted by atomic mass is 9.81. The minimum absolute atomic E-state index is 0.00553. The van der Waals surface area contributed by atoms with E-state index < -0.39 is 11.4 Å². The molecule has 1 aliphatic heterocycles. The van der Waals surface area contributed by atoms with E-state index in [1.165, 1.54) is 0 Å². The van der Waals surface area contributed by atoms with Crippen LogP contribution >= 0.6 is 0 Å². The van der Waals surface area contributed by atoms with Crippen LogP contribution in [0.25, 0.3) is 0 Å². The molecule has 1 unspecified atom stereocenters. The van der Waals surface area contributed by atoms with Crippen molar-refractivity contribution in [3.8, 4) is 0 Å². The summed E-state index contributed by atoms with van der Waals surface area (Å²) in [6.07, 6.45) is 2.19. The molecule has 0 aromatic heterocycles. The lowest BCUT2D eigenvalue weighted by Gasteiger charge is -2.30. The predicted octanol–water partition coefficient (Wildman–Crippen LogP) is 0.0207. The third-order valence-electron chi connectivity index (χ3n) is 4.06. The fourth-order valence-electron chi connectivity index (χ4n) is 2.37. The van der Waals surface area contributed by atoms with Crippen LogP contribution in [-0.2, 0) is 4.79 Å². The molecule has 0 saturated carbocycles. The van der Waals surface area contributed by atoms with Gasteiger partial charge in [0.05, 0.1) is 5.41 Å². The number of carbonyl (C=O) groups excluding carboxylic acids is 2. The van der Waals surface area contributed by atoms with E-state index in [2.05, 4.69) is 5.32 Å². The van der Waals surface area contributed by atoms with E-state index >= 15 is 0 Å². The van der Waals surface area contributed by atoms with Gasteiger partial charge in [0.15, 0.2) is 0 Å². The summed E-state index contributed by atoms with van der Waals surface area (Å²) >= 11 is 0. The van der Waals surface area contributed by atoms with Gasteiger partial charge in [-0.05, 0) is 19.3 Å². The Labute approximate surface area is 108 Å². The summed E-state index contributed by atoms with van der Waals surface area (Å²) in [5, 5.41) is 2.99. The van der Waals surface area contributed by atoms with E-state index in [-0.39, 0.29) is 11.9 Å². The Morgan fingerprint density at radius 3 is 2.39 bits per heavy atom. The fraction of sp³-hybridized carbons (Fsp3) is 0.833. The monoisotopic (exact) mass is 256 g/mol. The van der Waals surface area contributed by atoms with Crippen LogP contribution in [0, 0.1) is 5.41 Å². The van der Waals surface area contributed by atoms with Crippen molar-refractivity contribution in [1.82, 2.24) is 10.2 Å². The summed E-state index contributed by atoms with van der Waals surface area (Å²) in [4.78, 5) is 24.8. The van der Waals surface area contributed by atoms with Gasteiger partial charge in [-0.15, -0.1) is 0 Å². The molecule has 6 nitrogen and oxygen atoms in total. The summed E-state index contributed by atoms with van der Waals surface area (Å²) in [7, 11) is 0. The largest absolute Gasteiger partial charge is 0.351 e. The van der Waals surface area contributed by atoms with Gasteiger partial charge >= 0.3 is 6.03 Å². The lowest BCUT2D eigenvalue weighted by molar-refractivity contribution is -0.131. The van der Waals surface area contributed by atoms with Crippen LogP contribution in [0.5, 0.6) is 0 Å². The van der Waals surface area contributed by atoms with E-state index in [9.17, 15) is 9.59 Å². The first kappa shape index (κ1) is 14.8. The van der Waals surface area contributed by atoms with Crippen LogP contribution in [-0.4, -0.2) is 42.5 Å². The molecule has 3 amide bonds. The molecule has 0 radical (unpaired) electrons. The van der Waals surface area contributed by atoms with Crippen molar-refractivity contribution in [2.75, 3.05) is 19.6 Å². The maximum absolute atomic E-state index is 12.3. The number of urea groups is 1. The number of carbonyl (C=O) groups is 2. The number of hydrogen-bond acceptors (Lipinski definition) is 3. The molecule has 1 saturated heterocycles. The molecule has 0 aromatic carbocycles. The summed E-state index contributed by atoms with van der Waals surface area (Å²) in [5.74, 6) is -0.00804. The van der Waals surface area contributed by atoms with Crippen molar-refractivity contribution in [3.05, 3.63) is 0 Å². The quantitative estimate of drug-likeness (QED) is 0.646. The first-order valence-corrected chi connectivity index (χ1v) is 6.54. The number of nitrogens with zero attached hydrogens (tertiary/aromatic N) is 1. The summed E-state index contributed by atoms with van der Waals surface area (Å²) in [6, 6.07) is -0.433. The predicted molar refractivity (Wildman–Crippen MR) is 69.8 cm³/mol. The molecular formula is C12H24N4O2. The standard InChI is InChI=1S/C12H24N4O2/c1-3-12(4-2,8-13)10(17)15-9-5-6-16(7-9)11(14)18/h9H,3-8,13H2,1-2H3,(H2,14,18)(H,15,17). The highest BCUT2D eigenvalue weighted by Crippen LogP contribution is 2.25. The van der Waals surface area contributed by atoms with Crippen LogP contribution in [0.2, 0.25) is 0 Å². The van der Waals surface area contributed by atoms with Gasteiger partial charge in [-0.25, -0.2) is 4.79 Å². The van der Waals surface area contributed by atoms with Crippen LogP contribution < -0.4 is 16.8 Å². The highest BCUT2D eigenvalue weighted by molar-refractivity contribution is 5.83. The Kier molecular flexibility index (Phi) is 4.95. The van der Waals surface area contributed by atoms with Gasteiger partial charge in [0.25, 0.3) is 0 Å². The molecule has 0 aromatic rings. The molecule has 104 valence electrons. The van der Waals surface area contributed by atoms with E-state index in [1.807, 2.05) is 13.8 Å². The van der Waals surface area contributed by atoms with Gasteiger partial charge in [-0.2, -0.15) is 0 Å². The molecule has 0 aliphatic carbocycles. The number of nitrogens with two attached hydrogens (primary N) is 2. The molecule has 1 fully saturated rings. The van der Waals surface area contributed by atoms with Gasteiger partial charge in [-0.1, -0.05) is 13.8 Å². The van der Waals surface area contributed by atoms with Crippen molar-refractivity contribution in [2.45, 2.75) is 39.2 Å². The Hall–Kier alpha value is -1.30. The topological polar surface area (TPSA) is 101 Å². The molecule has 1 aliphatic rings. The van der Waals surface area contributed by atoms with Gasteiger partial charge in [0.1, 0.15) is 0 Å². The lowest BCUT2D eigenvalue weighted by Crippen LogP contribution is -2.49. The molecule has 0 bridgehead atoms. The first-order valence-electron chi connectivity index (χ1n) is 6.54. The normalized spacial score (nSPS) is 19.9. The Morgan fingerprint density at radius 2 is 2.00 bits per heavy atom. The molecule has 1 heterocycles. The molecule has 1 rings (SSSR count). The Morgan fingerprint density at radius 1 is 1.39 bits per heavy atom. The average molecular weight is 256 g/mol. The zero-order valence-corrected chi connectivity index (χ0v) is 11.2. The van der Waals surface area contributed by atoms with E-state index in [0.717, 1.165) is 19.3 Å². The second kappa shape index (κ2) is 6.04. The van der Waals surface area contributed by atoms with Crippen molar-refractivity contribution in [2.24, 2.45) is 16.9 Å². The molecule has 1 atom stereocenters. The van der Waals surface area contributed by atoms with Gasteiger partial charge in [0, 0.05) is 25.7 Å². The Balaban J connectivity index is 2.58. The fourth-order valence-corrected chi connectivity index (χ4v) is 2.37. The molecular weight excluding hydrogens is 232 g/mol. The highest BCUT2D eigenvalue weighted by atomic mass is 16.2. The third kappa shape index (κ3) is 2.93. The van der Waals surface area contributed by atoms with Crippen molar-refractivity contribution >= 4 is 11.9 Å². The van der Waals surface area contributed by atoms with Crippen LogP contribution in [0.15, 0.2) is 0 Å². The maximum atomic E-state index is 12.3. The van der Waals surface area contributed by atoms with Crippen molar-refractivity contribution < 1.29 is 9.59 Å². The summed E-state index contributed by atoms with van der Waals surface area (Å²) < 4.78 is 0. The second-order valence-electron chi connectivity index (χ2n) is 4.93. The smallest absolute Gasteiger partial charge is 0.314 e. The second-order valence-corrected chi connectivity index (χ2v) is 4.93. The number of likely N-dealkylation sites (tertiary alicyclic amines) is 1.